The van der Waals surface area contributed by atoms with Crippen molar-refractivity contribution >= 4 is 0 Å². The van der Waals surface area contributed by atoms with Crippen molar-refractivity contribution in [1.29, 1.82) is 0 Å². The third-order valence-corrected chi connectivity index (χ3v) is 4.82. The fraction of sp³-hybridized carbons (Fsp3) is 1.00. The first kappa shape index (κ1) is 8.86. The number of hydrogen-bond acceptors (Lipinski definition) is 4. The molecule has 16 heavy (non-hydrogen) atoms. The van der Waals surface area contributed by atoms with Gasteiger partial charge in [0.2, 0.25) is 0 Å². The predicted molar refractivity (Wildman–Crippen MR) is 52.7 cm³/mol. The second-order valence-electron chi connectivity index (χ2n) is 6.65. The minimum atomic E-state index is -0.292. The Morgan fingerprint density at radius 1 is 0.812 bits per heavy atom. The van der Waals surface area contributed by atoms with Crippen LogP contribution in [0.2, 0.25) is 0 Å². The molecule has 5 aliphatic rings. The second-order valence-corrected chi connectivity index (χ2v) is 6.65. The maximum Gasteiger partial charge on any atom is 0.180 e. The molecule has 4 saturated heterocycles. The zero-order chi connectivity index (χ0) is 10.7. The molecule has 5 fully saturated rings. The smallest absolute Gasteiger partial charge is 0.180 e. The molecule has 1 spiro atoms. The number of fused-ring (bicyclic) bond motifs is 10. The summed E-state index contributed by atoms with van der Waals surface area (Å²) in [6.45, 7) is 5.97. The third-order valence-electron chi connectivity index (χ3n) is 4.82. The highest BCUT2D eigenvalue weighted by Gasteiger charge is 2.88. The van der Waals surface area contributed by atoms with Gasteiger partial charge in [-0.25, -0.2) is 0 Å². The molecule has 0 N–H and O–H groups in total. The lowest BCUT2D eigenvalue weighted by molar-refractivity contribution is -0.276. The van der Waals surface area contributed by atoms with Crippen molar-refractivity contribution in [2.75, 3.05) is 13.2 Å². The van der Waals surface area contributed by atoms with Crippen molar-refractivity contribution in [1.82, 2.24) is 0 Å². The van der Waals surface area contributed by atoms with Gasteiger partial charge in [-0.15, -0.1) is 0 Å². The van der Waals surface area contributed by atoms with E-state index in [2.05, 4.69) is 13.8 Å². The largest absolute Gasteiger partial charge is 0.368 e. The summed E-state index contributed by atoms with van der Waals surface area (Å²) in [6.07, 6.45) is 1.21. The first-order chi connectivity index (χ1) is 7.62. The van der Waals surface area contributed by atoms with Gasteiger partial charge in [0, 0.05) is 5.41 Å². The van der Waals surface area contributed by atoms with Crippen molar-refractivity contribution in [3.63, 3.8) is 0 Å². The summed E-state index contributed by atoms with van der Waals surface area (Å²) in [6, 6.07) is 0. The van der Waals surface area contributed by atoms with Crippen LogP contribution in [0.4, 0.5) is 0 Å². The molecule has 6 atom stereocenters. The van der Waals surface area contributed by atoms with Crippen molar-refractivity contribution in [3.05, 3.63) is 0 Å². The van der Waals surface area contributed by atoms with E-state index in [1.54, 1.807) is 0 Å². The fourth-order valence-corrected chi connectivity index (χ4v) is 3.92. The van der Waals surface area contributed by atoms with E-state index < -0.39 is 0 Å². The molecule has 0 radical (unpaired) electrons. The molecule has 4 nitrogen and oxygen atoms in total. The van der Waals surface area contributed by atoms with Crippen LogP contribution in [0.5, 0.6) is 0 Å². The average Bonchev–Trinajstić information content (AvgIpc) is 3.11. The van der Waals surface area contributed by atoms with Gasteiger partial charge in [-0.05, 0) is 0 Å². The molecule has 4 aliphatic heterocycles. The van der Waals surface area contributed by atoms with Crippen LogP contribution in [0.1, 0.15) is 13.8 Å². The maximum absolute atomic E-state index is 6.05. The Balaban J connectivity index is 1.44. The van der Waals surface area contributed by atoms with E-state index in [0.29, 0.717) is 24.0 Å². The number of rotatable bonds is 0. The Morgan fingerprint density at radius 3 is 1.88 bits per heavy atom. The van der Waals surface area contributed by atoms with Crippen LogP contribution < -0.4 is 0 Å². The lowest BCUT2D eigenvalue weighted by Gasteiger charge is -2.38. The first-order valence-corrected chi connectivity index (χ1v) is 6.21. The summed E-state index contributed by atoms with van der Waals surface area (Å²) in [5, 5.41) is 0. The number of hydrogen-bond donors (Lipinski definition) is 0. The van der Waals surface area contributed by atoms with Crippen LogP contribution in [-0.4, -0.2) is 43.4 Å². The standard InChI is InChI=1S/C12H16O4/c1-11(2)3-13-12(14-4-11)5-6(12)8-10-9(16-10)7(5)15-8/h5-10H,3-4H2,1-2H3. The molecule has 2 bridgehead atoms. The highest BCUT2D eigenvalue weighted by molar-refractivity contribution is 5.30. The van der Waals surface area contributed by atoms with Gasteiger partial charge in [-0.3, -0.25) is 0 Å². The summed E-state index contributed by atoms with van der Waals surface area (Å²) in [7, 11) is 0. The van der Waals surface area contributed by atoms with Gasteiger partial charge in [0.25, 0.3) is 0 Å². The van der Waals surface area contributed by atoms with Gasteiger partial charge in [0.15, 0.2) is 5.79 Å². The van der Waals surface area contributed by atoms with Crippen molar-refractivity contribution in [2.45, 2.75) is 44.1 Å². The van der Waals surface area contributed by atoms with E-state index in [1.807, 2.05) is 0 Å². The minimum Gasteiger partial charge on any atom is -0.368 e. The van der Waals surface area contributed by atoms with Gasteiger partial charge in [-0.1, -0.05) is 13.8 Å². The van der Waals surface area contributed by atoms with Gasteiger partial charge < -0.3 is 18.9 Å². The van der Waals surface area contributed by atoms with Crippen molar-refractivity contribution in [3.8, 4) is 0 Å². The zero-order valence-corrected chi connectivity index (χ0v) is 9.51. The monoisotopic (exact) mass is 224 g/mol. The molecule has 1 aliphatic carbocycles. The first-order valence-electron chi connectivity index (χ1n) is 6.21. The van der Waals surface area contributed by atoms with Crippen LogP contribution >= 0.6 is 0 Å². The van der Waals surface area contributed by atoms with Crippen LogP contribution in [0.3, 0.4) is 0 Å². The third kappa shape index (κ3) is 0.787. The van der Waals surface area contributed by atoms with E-state index in [4.69, 9.17) is 18.9 Å². The SMILES string of the molecule is CC1(C)COC2(OC1)C1C3OC(C4OC43)C12. The van der Waals surface area contributed by atoms with E-state index in [9.17, 15) is 0 Å². The summed E-state index contributed by atoms with van der Waals surface area (Å²) in [4.78, 5) is 0. The minimum absolute atomic E-state index is 0.154. The highest BCUT2D eigenvalue weighted by Crippen LogP contribution is 2.72. The zero-order valence-electron chi connectivity index (χ0n) is 9.51. The molecule has 0 aromatic carbocycles. The molecule has 6 unspecified atom stereocenters. The average molecular weight is 224 g/mol. The normalized spacial score (nSPS) is 61.9. The van der Waals surface area contributed by atoms with Crippen molar-refractivity contribution in [2.24, 2.45) is 17.3 Å². The lowest BCUT2D eigenvalue weighted by Crippen LogP contribution is -2.44. The quantitative estimate of drug-likeness (QED) is 0.563. The van der Waals surface area contributed by atoms with E-state index in [1.165, 1.54) is 0 Å². The van der Waals surface area contributed by atoms with E-state index in [0.717, 1.165) is 13.2 Å². The Bertz CT molecular complexity index is 347. The lowest BCUT2D eigenvalue weighted by atomic mass is 9.95. The Hall–Kier alpha value is -0.160. The van der Waals surface area contributed by atoms with Crippen LogP contribution in [0.15, 0.2) is 0 Å². The molecular weight excluding hydrogens is 208 g/mol. The Kier molecular flexibility index (Phi) is 1.23. The summed E-state index contributed by atoms with van der Waals surface area (Å²) >= 11 is 0. The number of epoxide rings is 1. The molecule has 0 aromatic heterocycles. The van der Waals surface area contributed by atoms with E-state index in [-0.39, 0.29) is 23.4 Å². The van der Waals surface area contributed by atoms with Crippen LogP contribution in [-0.2, 0) is 18.9 Å². The number of ether oxygens (including phenoxy) is 4. The van der Waals surface area contributed by atoms with Crippen LogP contribution in [0, 0.1) is 17.3 Å². The Morgan fingerprint density at radius 2 is 1.31 bits per heavy atom. The second kappa shape index (κ2) is 2.21. The Labute approximate surface area is 94.2 Å². The topological polar surface area (TPSA) is 40.2 Å². The van der Waals surface area contributed by atoms with Crippen LogP contribution in [0.25, 0.3) is 0 Å². The summed E-state index contributed by atoms with van der Waals surface area (Å²) < 4.78 is 23.6. The molecule has 0 aromatic rings. The van der Waals surface area contributed by atoms with Crippen molar-refractivity contribution < 1.29 is 18.9 Å². The molecular formula is C12H16O4. The molecule has 4 heterocycles. The molecule has 88 valence electrons. The highest BCUT2D eigenvalue weighted by atomic mass is 16.7. The molecule has 1 saturated carbocycles. The van der Waals surface area contributed by atoms with Gasteiger partial charge in [0.05, 0.1) is 37.3 Å². The molecule has 4 heteroatoms. The van der Waals surface area contributed by atoms with E-state index >= 15 is 0 Å². The summed E-state index contributed by atoms with van der Waals surface area (Å²) in [5.41, 5.74) is 0.154. The fourth-order valence-electron chi connectivity index (χ4n) is 3.92. The van der Waals surface area contributed by atoms with Gasteiger partial charge in [-0.2, -0.15) is 0 Å². The summed E-state index contributed by atoms with van der Waals surface area (Å²) in [5.74, 6) is 0.592. The molecule has 5 rings (SSSR count). The maximum atomic E-state index is 6.05. The predicted octanol–water partition coefficient (Wildman–Crippen LogP) is 0.550. The van der Waals surface area contributed by atoms with Gasteiger partial charge in [0.1, 0.15) is 12.2 Å². The van der Waals surface area contributed by atoms with Gasteiger partial charge >= 0.3 is 0 Å². The molecule has 0 amide bonds.